The van der Waals surface area contributed by atoms with Crippen LogP contribution in [0.5, 0.6) is 0 Å². The van der Waals surface area contributed by atoms with Crippen LogP contribution in [-0.4, -0.2) is 47.6 Å². The minimum atomic E-state index is -0.392. The van der Waals surface area contributed by atoms with E-state index < -0.39 is 5.97 Å². The summed E-state index contributed by atoms with van der Waals surface area (Å²) >= 11 is 1.27. The van der Waals surface area contributed by atoms with Gasteiger partial charge in [-0.15, -0.1) is 11.3 Å². The molecule has 0 spiro atoms. The van der Waals surface area contributed by atoms with Crippen molar-refractivity contribution in [3.8, 4) is 0 Å². The minimum absolute atomic E-state index is 0.217. The maximum Gasteiger partial charge on any atom is 0.367 e. The first-order valence-electron chi connectivity index (χ1n) is 7.15. The average molecular weight is 312 g/mol. The van der Waals surface area contributed by atoms with Crippen molar-refractivity contribution in [2.75, 3.05) is 19.8 Å². The molecular formula is C14H20N2O4S. The predicted molar refractivity (Wildman–Crippen MR) is 78.1 cm³/mol. The van der Waals surface area contributed by atoms with Crippen LogP contribution < -0.4 is 0 Å². The first-order chi connectivity index (χ1) is 10.1. The summed E-state index contributed by atoms with van der Waals surface area (Å²) < 4.78 is 9.91. The smallest absolute Gasteiger partial charge is 0.367 e. The van der Waals surface area contributed by atoms with Gasteiger partial charge in [-0.3, -0.25) is 9.69 Å². The molecule has 0 aliphatic heterocycles. The molecule has 0 unspecified atom stereocenters. The van der Waals surface area contributed by atoms with Crippen LogP contribution in [0.25, 0.3) is 0 Å². The molecule has 7 heteroatoms. The van der Waals surface area contributed by atoms with Crippen molar-refractivity contribution in [1.29, 1.82) is 0 Å². The maximum absolute atomic E-state index is 11.6. The van der Waals surface area contributed by atoms with Gasteiger partial charge in [0.05, 0.1) is 25.5 Å². The van der Waals surface area contributed by atoms with Gasteiger partial charge in [0.2, 0.25) is 5.01 Å². The highest BCUT2D eigenvalue weighted by molar-refractivity contribution is 7.11. The van der Waals surface area contributed by atoms with Gasteiger partial charge in [0, 0.05) is 18.0 Å². The number of thiazole rings is 1. The van der Waals surface area contributed by atoms with E-state index in [2.05, 4.69) is 9.88 Å². The van der Waals surface area contributed by atoms with Crippen molar-refractivity contribution in [3.05, 3.63) is 16.1 Å². The van der Waals surface area contributed by atoms with Crippen LogP contribution in [0.3, 0.4) is 0 Å². The van der Waals surface area contributed by atoms with Crippen LogP contribution in [0, 0.1) is 0 Å². The minimum Gasteiger partial charge on any atom is -0.465 e. The van der Waals surface area contributed by atoms with Gasteiger partial charge in [-0.05, 0) is 26.7 Å². The Kier molecular flexibility index (Phi) is 5.69. The molecule has 0 bridgehead atoms. The Hall–Kier alpha value is -1.47. The average Bonchev–Trinajstić information content (AvgIpc) is 3.18. The van der Waals surface area contributed by atoms with Gasteiger partial charge in [0.15, 0.2) is 0 Å². The number of ether oxygens (including phenoxy) is 2. The second-order valence-electron chi connectivity index (χ2n) is 4.81. The molecule has 1 aliphatic rings. The summed E-state index contributed by atoms with van der Waals surface area (Å²) in [6, 6.07) is 0.419. The molecule has 1 aromatic heterocycles. The fourth-order valence-corrected chi connectivity index (χ4v) is 2.70. The number of carbonyl (C=O) groups is 2. The molecule has 0 aromatic carbocycles. The molecule has 0 atom stereocenters. The third kappa shape index (κ3) is 4.78. The number of carbonyl (C=O) groups excluding carboxylic acids is 2. The molecule has 116 valence electrons. The number of hydrogen-bond acceptors (Lipinski definition) is 7. The van der Waals surface area contributed by atoms with E-state index in [1.165, 1.54) is 11.3 Å². The monoisotopic (exact) mass is 312 g/mol. The molecule has 1 fully saturated rings. The highest BCUT2D eigenvalue weighted by Gasteiger charge is 2.31. The fourth-order valence-electron chi connectivity index (χ4n) is 2.00. The number of hydrogen-bond donors (Lipinski definition) is 0. The van der Waals surface area contributed by atoms with E-state index in [9.17, 15) is 9.59 Å². The van der Waals surface area contributed by atoms with Crippen LogP contribution >= 0.6 is 11.3 Å². The van der Waals surface area contributed by atoms with Gasteiger partial charge in [-0.25, -0.2) is 9.78 Å². The Bertz CT molecular complexity index is 499. The Balaban J connectivity index is 1.94. The third-order valence-electron chi connectivity index (χ3n) is 3.07. The van der Waals surface area contributed by atoms with Gasteiger partial charge < -0.3 is 9.47 Å². The van der Waals surface area contributed by atoms with Crippen molar-refractivity contribution in [1.82, 2.24) is 9.88 Å². The molecule has 0 amide bonds. The lowest BCUT2D eigenvalue weighted by atomic mass is 10.4. The first-order valence-corrected chi connectivity index (χ1v) is 8.03. The third-order valence-corrected chi connectivity index (χ3v) is 3.94. The lowest BCUT2D eigenvalue weighted by Crippen LogP contribution is -2.32. The number of nitrogens with zero attached hydrogens (tertiary/aromatic N) is 2. The van der Waals surface area contributed by atoms with E-state index in [-0.39, 0.29) is 12.5 Å². The molecule has 1 saturated carbocycles. The van der Waals surface area contributed by atoms with Crippen molar-refractivity contribution >= 4 is 23.3 Å². The largest absolute Gasteiger partial charge is 0.465 e. The van der Waals surface area contributed by atoms with E-state index in [1.807, 2.05) is 5.38 Å². The van der Waals surface area contributed by atoms with Gasteiger partial charge in [0.1, 0.15) is 0 Å². The highest BCUT2D eigenvalue weighted by Crippen LogP contribution is 2.28. The molecule has 21 heavy (non-hydrogen) atoms. The Morgan fingerprint density at radius 3 is 2.67 bits per heavy atom. The summed E-state index contributed by atoms with van der Waals surface area (Å²) in [4.78, 5) is 29.5. The molecule has 0 N–H and O–H groups in total. The molecule has 0 saturated heterocycles. The van der Waals surface area contributed by atoms with Crippen molar-refractivity contribution in [2.45, 2.75) is 39.3 Å². The lowest BCUT2D eigenvalue weighted by molar-refractivity contribution is -0.144. The van der Waals surface area contributed by atoms with Crippen LogP contribution in [0.2, 0.25) is 0 Å². The molecule has 1 aromatic rings. The molecule has 1 heterocycles. The molecule has 0 radical (unpaired) electrons. The van der Waals surface area contributed by atoms with E-state index >= 15 is 0 Å². The Morgan fingerprint density at radius 2 is 2.05 bits per heavy atom. The van der Waals surface area contributed by atoms with Crippen molar-refractivity contribution < 1.29 is 19.1 Å². The summed E-state index contributed by atoms with van der Waals surface area (Å²) in [7, 11) is 0. The zero-order chi connectivity index (χ0) is 15.2. The van der Waals surface area contributed by atoms with Gasteiger partial charge in [0.25, 0.3) is 0 Å². The number of esters is 2. The van der Waals surface area contributed by atoms with Crippen molar-refractivity contribution in [2.24, 2.45) is 0 Å². The second kappa shape index (κ2) is 7.51. The summed E-state index contributed by atoms with van der Waals surface area (Å²) in [6.45, 7) is 5.11. The summed E-state index contributed by atoms with van der Waals surface area (Å²) in [5.74, 6) is -0.609. The van der Waals surface area contributed by atoms with Gasteiger partial charge in [-0.1, -0.05) is 0 Å². The second-order valence-corrected chi connectivity index (χ2v) is 5.66. The zero-order valence-corrected chi connectivity index (χ0v) is 13.1. The predicted octanol–water partition coefficient (Wildman–Crippen LogP) is 1.85. The van der Waals surface area contributed by atoms with E-state index in [0.29, 0.717) is 30.8 Å². The maximum atomic E-state index is 11.6. The first kappa shape index (κ1) is 15.9. The highest BCUT2D eigenvalue weighted by atomic mass is 32.1. The van der Waals surface area contributed by atoms with E-state index in [4.69, 9.17) is 9.47 Å². The summed E-state index contributed by atoms with van der Waals surface area (Å²) in [6.07, 6.45) is 2.18. The normalized spacial score (nSPS) is 14.2. The topological polar surface area (TPSA) is 68.7 Å². The zero-order valence-electron chi connectivity index (χ0n) is 12.3. The molecule has 6 nitrogen and oxygen atoms in total. The van der Waals surface area contributed by atoms with E-state index in [1.54, 1.807) is 13.8 Å². The van der Waals surface area contributed by atoms with Gasteiger partial charge >= 0.3 is 11.9 Å². The Morgan fingerprint density at radius 1 is 1.33 bits per heavy atom. The molecule has 2 rings (SSSR count). The van der Waals surface area contributed by atoms with Crippen LogP contribution in [0.1, 0.15) is 42.2 Å². The summed E-state index contributed by atoms with van der Waals surface area (Å²) in [5, 5.41) is 2.20. The van der Waals surface area contributed by atoms with Crippen LogP contribution in [0.15, 0.2) is 5.38 Å². The Labute approximate surface area is 128 Å². The van der Waals surface area contributed by atoms with Crippen molar-refractivity contribution in [3.63, 3.8) is 0 Å². The van der Waals surface area contributed by atoms with Gasteiger partial charge in [-0.2, -0.15) is 0 Å². The summed E-state index contributed by atoms with van der Waals surface area (Å²) in [5.41, 5.74) is 0.791. The number of rotatable bonds is 8. The fraction of sp³-hybridized carbons (Fsp3) is 0.643. The van der Waals surface area contributed by atoms with Crippen LogP contribution in [-0.2, 0) is 20.8 Å². The van der Waals surface area contributed by atoms with Crippen LogP contribution in [0.4, 0.5) is 0 Å². The quantitative estimate of drug-likeness (QED) is 0.682. The standard InChI is InChI=1S/C14H20N2O4S/c1-3-19-12(17)8-16(11-5-6-11)7-10-9-21-13(15-10)14(18)20-4-2/h9,11H,3-8H2,1-2H3. The molecular weight excluding hydrogens is 292 g/mol. The SMILES string of the molecule is CCOC(=O)CN(Cc1csc(C(=O)OCC)n1)C1CC1. The lowest BCUT2D eigenvalue weighted by Gasteiger charge is -2.19. The molecule has 1 aliphatic carbocycles. The van der Waals surface area contributed by atoms with E-state index in [0.717, 1.165) is 18.5 Å². The number of aromatic nitrogens is 1.